The number of ketones is 1. The molecule has 7 heteroatoms. The number of fused-ring (bicyclic) bond motifs is 3. The van der Waals surface area contributed by atoms with Gasteiger partial charge in [-0.3, -0.25) is 4.79 Å². The van der Waals surface area contributed by atoms with Crippen LogP contribution in [0.3, 0.4) is 0 Å². The fraction of sp³-hybridized carbons (Fsp3) is 0.200. The first-order valence-corrected chi connectivity index (χ1v) is 9.61. The van der Waals surface area contributed by atoms with Gasteiger partial charge in [-0.2, -0.15) is 0 Å². The van der Waals surface area contributed by atoms with Crippen LogP contribution < -0.4 is 4.74 Å². The Kier molecular flexibility index (Phi) is 4.77. The van der Waals surface area contributed by atoms with Crippen LogP contribution in [-0.2, 0) is 6.54 Å². The van der Waals surface area contributed by atoms with Gasteiger partial charge in [-0.1, -0.05) is 30.0 Å². The van der Waals surface area contributed by atoms with Crippen LogP contribution in [0.2, 0.25) is 0 Å². The molecule has 6 nitrogen and oxygen atoms in total. The summed E-state index contributed by atoms with van der Waals surface area (Å²) in [5.41, 5.74) is 3.32. The molecule has 0 saturated carbocycles. The Balaban J connectivity index is 1.58. The number of thioether (sulfide) groups is 1. The molecule has 2 heterocycles. The molecular formula is C20H18N4O2S. The zero-order valence-corrected chi connectivity index (χ0v) is 15.9. The van der Waals surface area contributed by atoms with Crippen molar-refractivity contribution < 1.29 is 9.53 Å². The van der Waals surface area contributed by atoms with Crippen LogP contribution in [0.4, 0.5) is 0 Å². The Labute approximate surface area is 160 Å². The van der Waals surface area contributed by atoms with Crippen molar-refractivity contribution >= 4 is 39.6 Å². The van der Waals surface area contributed by atoms with Crippen molar-refractivity contribution in [3.05, 3.63) is 54.1 Å². The fourth-order valence-corrected chi connectivity index (χ4v) is 3.74. The summed E-state index contributed by atoms with van der Waals surface area (Å²) in [6.45, 7) is 2.87. The van der Waals surface area contributed by atoms with Crippen molar-refractivity contribution in [1.82, 2.24) is 19.7 Å². The molecule has 0 aliphatic heterocycles. The lowest BCUT2D eigenvalue weighted by molar-refractivity contribution is 0.102. The van der Waals surface area contributed by atoms with E-state index in [1.807, 2.05) is 18.2 Å². The third-order valence-corrected chi connectivity index (χ3v) is 5.25. The third kappa shape index (κ3) is 3.26. The van der Waals surface area contributed by atoms with Crippen LogP contribution in [0.1, 0.15) is 17.3 Å². The zero-order valence-electron chi connectivity index (χ0n) is 15.0. The Morgan fingerprint density at radius 2 is 1.89 bits per heavy atom. The summed E-state index contributed by atoms with van der Waals surface area (Å²) in [4.78, 5) is 17.1. The predicted octanol–water partition coefficient (Wildman–Crippen LogP) is 3.98. The second kappa shape index (κ2) is 7.36. The minimum atomic E-state index is 0.0161. The number of benzene rings is 2. The van der Waals surface area contributed by atoms with E-state index in [1.165, 1.54) is 11.8 Å². The molecule has 2 aromatic carbocycles. The number of hydrogen-bond acceptors (Lipinski definition) is 6. The van der Waals surface area contributed by atoms with Gasteiger partial charge in [0.15, 0.2) is 11.4 Å². The largest absolute Gasteiger partial charge is 0.497 e. The normalized spacial score (nSPS) is 11.2. The summed E-state index contributed by atoms with van der Waals surface area (Å²) >= 11 is 1.30. The van der Waals surface area contributed by atoms with Gasteiger partial charge in [-0.15, -0.1) is 10.2 Å². The first-order chi connectivity index (χ1) is 13.2. The molecule has 4 aromatic rings. The van der Waals surface area contributed by atoms with E-state index in [2.05, 4.69) is 32.7 Å². The number of hydrogen-bond donors (Lipinski definition) is 0. The van der Waals surface area contributed by atoms with Gasteiger partial charge < -0.3 is 9.30 Å². The van der Waals surface area contributed by atoms with Crippen molar-refractivity contribution in [2.24, 2.45) is 0 Å². The molecule has 0 N–H and O–H groups in total. The summed E-state index contributed by atoms with van der Waals surface area (Å²) in [6.07, 6.45) is 0. The Hall–Kier alpha value is -2.93. The number of methoxy groups -OCH3 is 1. The van der Waals surface area contributed by atoms with Crippen LogP contribution in [0.5, 0.6) is 5.75 Å². The van der Waals surface area contributed by atoms with Gasteiger partial charge in [0.25, 0.3) is 0 Å². The molecule has 0 fully saturated rings. The van der Waals surface area contributed by atoms with Crippen LogP contribution in [-0.4, -0.2) is 38.4 Å². The number of nitrogens with zero attached hydrogens (tertiary/aromatic N) is 4. The van der Waals surface area contributed by atoms with Crippen LogP contribution >= 0.6 is 11.8 Å². The molecule has 0 radical (unpaired) electrons. The lowest BCUT2D eigenvalue weighted by Crippen LogP contribution is -2.04. The van der Waals surface area contributed by atoms with E-state index in [4.69, 9.17) is 4.74 Å². The molecule has 136 valence electrons. The molecule has 0 unspecified atom stereocenters. The van der Waals surface area contributed by atoms with Gasteiger partial charge in [0.2, 0.25) is 5.16 Å². The molecule has 0 aliphatic carbocycles. The Morgan fingerprint density at radius 1 is 1.11 bits per heavy atom. The second-order valence-electron chi connectivity index (χ2n) is 5.97. The summed E-state index contributed by atoms with van der Waals surface area (Å²) < 4.78 is 7.24. The van der Waals surface area contributed by atoms with Crippen molar-refractivity contribution in [1.29, 1.82) is 0 Å². The van der Waals surface area contributed by atoms with E-state index in [-0.39, 0.29) is 11.5 Å². The minimum absolute atomic E-state index is 0.0161. The van der Waals surface area contributed by atoms with E-state index >= 15 is 0 Å². The molecule has 0 spiro atoms. The maximum absolute atomic E-state index is 12.4. The smallest absolute Gasteiger partial charge is 0.211 e. The molecule has 0 amide bonds. The molecule has 0 bridgehead atoms. The second-order valence-corrected chi connectivity index (χ2v) is 6.91. The van der Waals surface area contributed by atoms with E-state index in [0.717, 1.165) is 34.4 Å². The highest BCUT2D eigenvalue weighted by atomic mass is 32.2. The van der Waals surface area contributed by atoms with Crippen LogP contribution in [0.25, 0.3) is 22.1 Å². The third-order valence-electron chi connectivity index (χ3n) is 4.42. The van der Waals surface area contributed by atoms with Gasteiger partial charge >= 0.3 is 0 Å². The first-order valence-electron chi connectivity index (χ1n) is 8.63. The Bertz CT molecular complexity index is 1120. The van der Waals surface area contributed by atoms with Crippen molar-refractivity contribution in [2.45, 2.75) is 18.6 Å². The minimum Gasteiger partial charge on any atom is -0.497 e. The van der Waals surface area contributed by atoms with E-state index in [9.17, 15) is 4.79 Å². The highest BCUT2D eigenvalue weighted by Crippen LogP contribution is 2.27. The molecule has 4 rings (SSSR count). The average molecular weight is 378 g/mol. The quantitative estimate of drug-likeness (QED) is 0.373. The summed E-state index contributed by atoms with van der Waals surface area (Å²) in [7, 11) is 1.60. The average Bonchev–Trinajstić information content (AvgIpc) is 3.05. The number of aromatic nitrogens is 4. The number of carbonyl (C=O) groups excluding carboxylic acids is 1. The number of Topliss-reactive ketones (excluding diaryl/α,β-unsaturated/α-hetero) is 1. The SMILES string of the molecule is CCn1c2ccccc2c2nnc(SCC(=O)c3ccc(OC)cc3)nc21. The van der Waals surface area contributed by atoms with Crippen molar-refractivity contribution in [3.8, 4) is 5.75 Å². The molecule has 0 saturated heterocycles. The van der Waals surface area contributed by atoms with Crippen molar-refractivity contribution in [3.63, 3.8) is 0 Å². The van der Waals surface area contributed by atoms with E-state index < -0.39 is 0 Å². The van der Waals surface area contributed by atoms with Crippen molar-refractivity contribution in [2.75, 3.05) is 12.9 Å². The molecule has 0 aliphatic rings. The molecule has 0 atom stereocenters. The molecular weight excluding hydrogens is 360 g/mol. The van der Waals surface area contributed by atoms with Crippen LogP contribution in [0, 0.1) is 0 Å². The summed E-state index contributed by atoms with van der Waals surface area (Å²) in [5.74, 6) is 0.998. The topological polar surface area (TPSA) is 69.9 Å². The number of aryl methyl sites for hydroxylation is 1. The predicted molar refractivity (Wildman–Crippen MR) is 107 cm³/mol. The highest BCUT2D eigenvalue weighted by molar-refractivity contribution is 7.99. The number of ether oxygens (including phenoxy) is 1. The zero-order chi connectivity index (χ0) is 18.8. The van der Waals surface area contributed by atoms with Gasteiger partial charge in [-0.25, -0.2) is 4.98 Å². The van der Waals surface area contributed by atoms with Gasteiger partial charge in [-0.05, 0) is 37.3 Å². The standard InChI is InChI=1S/C20H18N4O2S/c1-3-24-16-7-5-4-6-15(16)18-19(24)21-20(23-22-18)27-12-17(25)13-8-10-14(26-2)11-9-13/h4-11H,3,12H2,1-2H3. The maximum atomic E-state index is 12.4. The molecule has 27 heavy (non-hydrogen) atoms. The maximum Gasteiger partial charge on any atom is 0.211 e. The number of rotatable bonds is 6. The van der Waals surface area contributed by atoms with Gasteiger partial charge in [0, 0.05) is 17.5 Å². The molecule has 2 aromatic heterocycles. The highest BCUT2D eigenvalue weighted by Gasteiger charge is 2.15. The summed E-state index contributed by atoms with van der Waals surface area (Å²) in [6, 6.07) is 15.2. The Morgan fingerprint density at radius 3 is 2.63 bits per heavy atom. The van der Waals surface area contributed by atoms with Gasteiger partial charge in [0.05, 0.1) is 18.4 Å². The summed E-state index contributed by atoms with van der Waals surface area (Å²) in [5, 5.41) is 10.1. The van der Waals surface area contributed by atoms with E-state index in [1.54, 1.807) is 31.4 Å². The van der Waals surface area contributed by atoms with E-state index in [0.29, 0.717) is 10.7 Å². The lowest BCUT2D eigenvalue weighted by atomic mass is 10.1. The van der Waals surface area contributed by atoms with Crippen LogP contribution in [0.15, 0.2) is 53.7 Å². The number of para-hydroxylation sites is 1. The first kappa shape index (κ1) is 17.5. The van der Waals surface area contributed by atoms with Gasteiger partial charge in [0.1, 0.15) is 11.3 Å². The monoisotopic (exact) mass is 378 g/mol. The lowest BCUT2D eigenvalue weighted by Gasteiger charge is -2.04. The fourth-order valence-electron chi connectivity index (χ4n) is 3.06. The number of carbonyl (C=O) groups is 1.